The van der Waals surface area contributed by atoms with Crippen LogP contribution < -0.4 is 10.2 Å². The molecule has 0 aliphatic carbocycles. The van der Waals surface area contributed by atoms with Gasteiger partial charge in [0, 0.05) is 53.6 Å². The van der Waals surface area contributed by atoms with Gasteiger partial charge in [0.05, 0.1) is 11.8 Å². The normalized spacial score (nSPS) is 15.2. The standard InChI is InChI=1S/C26H44N6O4Si/c1-9-27-24(33)20-17-32(18-35-14-15-37(6,7)8)23-22(20)29-21(16-28-23)30(5)19-10-12-31(13-11-19)25(34)36-26(2,3)4/h16-17,19H,9-15,18H2,1-8H3,(H,27,33). The number of piperidine rings is 1. The molecule has 2 aromatic heterocycles. The van der Waals surface area contributed by atoms with Crippen molar-refractivity contribution in [2.24, 2.45) is 0 Å². The number of aromatic nitrogens is 3. The number of nitrogens with zero attached hydrogens (tertiary/aromatic N) is 5. The summed E-state index contributed by atoms with van der Waals surface area (Å²) in [6.07, 6.45) is 4.86. The predicted molar refractivity (Wildman–Crippen MR) is 149 cm³/mol. The fraction of sp³-hybridized carbons (Fsp3) is 0.692. The third-order valence-corrected chi connectivity index (χ3v) is 8.09. The summed E-state index contributed by atoms with van der Waals surface area (Å²) in [5.74, 6) is 0.527. The van der Waals surface area contributed by atoms with Crippen LogP contribution in [0, 0.1) is 0 Å². The maximum Gasteiger partial charge on any atom is 0.410 e. The Hall–Kier alpha value is -2.66. The van der Waals surface area contributed by atoms with Gasteiger partial charge in [-0.3, -0.25) is 4.79 Å². The second-order valence-electron chi connectivity index (χ2n) is 11.9. The number of anilines is 1. The SMILES string of the molecule is CCNC(=O)c1cn(COCC[Si](C)(C)C)c2ncc(N(C)C3CCN(C(=O)OC(C)(C)C)CC3)nc12. The Bertz CT molecular complexity index is 1080. The van der Waals surface area contributed by atoms with Gasteiger partial charge in [0.25, 0.3) is 5.91 Å². The number of rotatable bonds is 9. The number of likely N-dealkylation sites (tertiary alicyclic amines) is 1. The summed E-state index contributed by atoms with van der Waals surface area (Å²) >= 11 is 0. The number of ether oxygens (including phenoxy) is 2. The molecular formula is C26H44N6O4Si. The minimum absolute atomic E-state index is 0.173. The molecule has 2 aromatic rings. The number of fused-ring (bicyclic) bond motifs is 1. The van der Waals surface area contributed by atoms with E-state index in [4.69, 9.17) is 19.4 Å². The molecule has 0 unspecified atom stereocenters. The first-order valence-electron chi connectivity index (χ1n) is 13.2. The lowest BCUT2D eigenvalue weighted by molar-refractivity contribution is 0.0205. The fourth-order valence-electron chi connectivity index (χ4n) is 4.22. The minimum atomic E-state index is -1.19. The molecule has 3 heterocycles. The third-order valence-electron chi connectivity index (χ3n) is 6.39. The number of nitrogens with one attached hydrogen (secondary N) is 1. The smallest absolute Gasteiger partial charge is 0.410 e. The van der Waals surface area contributed by atoms with Crippen LogP contribution in [-0.2, 0) is 16.2 Å². The number of hydrogen-bond acceptors (Lipinski definition) is 7. The van der Waals surface area contributed by atoms with Crippen LogP contribution in [0.2, 0.25) is 25.7 Å². The zero-order valence-electron chi connectivity index (χ0n) is 23.8. The molecular weight excluding hydrogens is 488 g/mol. The zero-order valence-corrected chi connectivity index (χ0v) is 24.8. The van der Waals surface area contributed by atoms with Crippen LogP contribution in [0.1, 0.15) is 50.9 Å². The Morgan fingerprint density at radius 3 is 2.49 bits per heavy atom. The molecule has 37 heavy (non-hydrogen) atoms. The van der Waals surface area contributed by atoms with E-state index in [1.807, 2.05) is 39.3 Å². The molecule has 0 spiro atoms. The van der Waals surface area contributed by atoms with Crippen molar-refractivity contribution in [2.45, 2.75) is 84.6 Å². The van der Waals surface area contributed by atoms with Gasteiger partial charge in [-0.1, -0.05) is 19.6 Å². The highest BCUT2D eigenvalue weighted by atomic mass is 28.3. The summed E-state index contributed by atoms with van der Waals surface area (Å²) in [7, 11) is 0.801. The average Bonchev–Trinajstić information content (AvgIpc) is 3.18. The maximum atomic E-state index is 12.8. The quantitative estimate of drug-likeness (QED) is 0.379. The topological polar surface area (TPSA) is 102 Å². The molecule has 2 amide bonds. The Kier molecular flexibility index (Phi) is 9.22. The molecule has 1 saturated heterocycles. The first kappa shape index (κ1) is 28.9. The molecule has 0 saturated carbocycles. The molecule has 1 aliphatic rings. The molecule has 3 rings (SSSR count). The third kappa shape index (κ3) is 7.91. The van der Waals surface area contributed by atoms with Crippen LogP contribution in [0.5, 0.6) is 0 Å². The molecule has 1 aliphatic heterocycles. The number of amides is 2. The monoisotopic (exact) mass is 532 g/mol. The van der Waals surface area contributed by atoms with E-state index in [1.54, 1.807) is 17.3 Å². The van der Waals surface area contributed by atoms with Gasteiger partial charge in [-0.05, 0) is 46.6 Å². The zero-order chi connectivity index (χ0) is 27.4. The second kappa shape index (κ2) is 11.8. The van der Waals surface area contributed by atoms with Gasteiger partial charge in [-0.25, -0.2) is 14.8 Å². The van der Waals surface area contributed by atoms with Crippen molar-refractivity contribution in [1.82, 2.24) is 24.8 Å². The van der Waals surface area contributed by atoms with Crippen LogP contribution in [0.15, 0.2) is 12.4 Å². The van der Waals surface area contributed by atoms with Crippen LogP contribution >= 0.6 is 0 Å². The van der Waals surface area contributed by atoms with E-state index in [0.29, 0.717) is 55.5 Å². The summed E-state index contributed by atoms with van der Waals surface area (Å²) in [6, 6.07) is 1.27. The van der Waals surface area contributed by atoms with Crippen molar-refractivity contribution < 1.29 is 19.1 Å². The van der Waals surface area contributed by atoms with Crippen molar-refractivity contribution in [3.05, 3.63) is 18.0 Å². The molecule has 0 bridgehead atoms. The minimum Gasteiger partial charge on any atom is -0.444 e. The van der Waals surface area contributed by atoms with Gasteiger partial charge < -0.3 is 29.2 Å². The maximum absolute atomic E-state index is 12.8. The van der Waals surface area contributed by atoms with E-state index in [0.717, 1.165) is 18.9 Å². The molecule has 0 radical (unpaired) electrons. The van der Waals surface area contributed by atoms with Crippen LogP contribution in [0.25, 0.3) is 11.2 Å². The highest BCUT2D eigenvalue weighted by Gasteiger charge is 2.29. The Morgan fingerprint density at radius 2 is 1.89 bits per heavy atom. The Balaban J connectivity index is 1.75. The molecule has 0 atom stereocenters. The molecule has 1 N–H and O–H groups in total. The van der Waals surface area contributed by atoms with Gasteiger partial charge in [-0.15, -0.1) is 0 Å². The van der Waals surface area contributed by atoms with E-state index in [2.05, 4.69) is 29.9 Å². The average molecular weight is 533 g/mol. The molecule has 11 heteroatoms. The number of carbonyl (C=O) groups is 2. The van der Waals surface area contributed by atoms with Crippen molar-refractivity contribution in [3.63, 3.8) is 0 Å². The molecule has 206 valence electrons. The molecule has 0 aromatic carbocycles. The van der Waals surface area contributed by atoms with E-state index in [-0.39, 0.29) is 18.0 Å². The van der Waals surface area contributed by atoms with Crippen LogP contribution in [0.3, 0.4) is 0 Å². The Morgan fingerprint density at radius 1 is 1.22 bits per heavy atom. The Labute approximate surface area is 221 Å². The highest BCUT2D eigenvalue weighted by Crippen LogP contribution is 2.25. The van der Waals surface area contributed by atoms with Crippen molar-refractivity contribution in [2.75, 3.05) is 38.2 Å². The summed E-state index contributed by atoms with van der Waals surface area (Å²) in [5.41, 5.74) is 1.18. The van der Waals surface area contributed by atoms with Gasteiger partial charge in [0.2, 0.25) is 0 Å². The number of hydrogen-bond donors (Lipinski definition) is 1. The highest BCUT2D eigenvalue weighted by molar-refractivity contribution is 6.76. The first-order valence-corrected chi connectivity index (χ1v) is 16.9. The van der Waals surface area contributed by atoms with Crippen LogP contribution in [0.4, 0.5) is 10.6 Å². The van der Waals surface area contributed by atoms with Gasteiger partial charge in [0.15, 0.2) is 5.65 Å². The molecule has 1 fully saturated rings. The van der Waals surface area contributed by atoms with Crippen LogP contribution in [-0.4, -0.2) is 84.4 Å². The van der Waals surface area contributed by atoms with E-state index < -0.39 is 13.7 Å². The van der Waals surface area contributed by atoms with E-state index >= 15 is 0 Å². The lowest BCUT2D eigenvalue weighted by Gasteiger charge is -2.37. The lowest BCUT2D eigenvalue weighted by atomic mass is 10.0. The summed E-state index contributed by atoms with van der Waals surface area (Å²) in [6.45, 7) is 17.3. The second-order valence-corrected chi connectivity index (χ2v) is 17.6. The summed E-state index contributed by atoms with van der Waals surface area (Å²) < 4.78 is 13.3. The largest absolute Gasteiger partial charge is 0.444 e. The summed E-state index contributed by atoms with van der Waals surface area (Å²) in [4.78, 5) is 38.7. The summed E-state index contributed by atoms with van der Waals surface area (Å²) in [5, 5.41) is 2.88. The number of carbonyl (C=O) groups excluding carboxylic acids is 2. The van der Waals surface area contributed by atoms with Gasteiger partial charge in [0.1, 0.15) is 23.7 Å². The van der Waals surface area contributed by atoms with Crippen molar-refractivity contribution in [1.29, 1.82) is 0 Å². The van der Waals surface area contributed by atoms with Crippen molar-refractivity contribution in [3.8, 4) is 0 Å². The lowest BCUT2D eigenvalue weighted by Crippen LogP contribution is -2.47. The van der Waals surface area contributed by atoms with Gasteiger partial charge >= 0.3 is 6.09 Å². The van der Waals surface area contributed by atoms with Crippen molar-refractivity contribution >= 4 is 37.1 Å². The van der Waals surface area contributed by atoms with Gasteiger partial charge in [-0.2, -0.15) is 0 Å². The predicted octanol–water partition coefficient (Wildman–Crippen LogP) is 4.33. The first-order chi connectivity index (χ1) is 17.3. The molecule has 10 nitrogen and oxygen atoms in total. The fourth-order valence-corrected chi connectivity index (χ4v) is 4.98. The van der Waals surface area contributed by atoms with E-state index in [1.165, 1.54) is 0 Å². The van der Waals surface area contributed by atoms with E-state index in [9.17, 15) is 9.59 Å².